The van der Waals surface area contributed by atoms with Gasteiger partial charge in [-0.05, 0) is 18.8 Å². The van der Waals surface area contributed by atoms with Gasteiger partial charge in [-0.2, -0.15) is 0 Å². The van der Waals surface area contributed by atoms with Gasteiger partial charge in [0.2, 0.25) is 5.91 Å². The molecule has 1 heterocycles. The molecule has 1 saturated heterocycles. The highest BCUT2D eigenvalue weighted by Crippen LogP contribution is 2.19. The summed E-state index contributed by atoms with van der Waals surface area (Å²) in [6, 6.07) is 0. The molecule has 1 atom stereocenters. The van der Waals surface area contributed by atoms with Gasteiger partial charge < -0.3 is 9.64 Å². The smallest absolute Gasteiger partial charge is 0.310 e. The molecule has 4 heteroatoms. The Morgan fingerprint density at radius 2 is 2.12 bits per heavy atom. The molecule has 0 radical (unpaired) electrons. The number of carbonyl (C=O) groups excluding carboxylic acids is 2. The molecule has 1 rings (SSSR count). The molecule has 0 saturated carbocycles. The molecule has 16 heavy (non-hydrogen) atoms. The van der Waals surface area contributed by atoms with Crippen LogP contribution >= 0.6 is 0 Å². The fourth-order valence-corrected chi connectivity index (χ4v) is 1.92. The van der Waals surface area contributed by atoms with E-state index in [1.165, 1.54) is 7.11 Å². The van der Waals surface area contributed by atoms with Crippen LogP contribution in [0, 0.1) is 11.8 Å². The maximum atomic E-state index is 11.8. The molecule has 4 nitrogen and oxygen atoms in total. The van der Waals surface area contributed by atoms with E-state index in [0.717, 1.165) is 12.8 Å². The van der Waals surface area contributed by atoms with Crippen LogP contribution in [0.15, 0.2) is 0 Å². The van der Waals surface area contributed by atoms with E-state index in [4.69, 9.17) is 0 Å². The van der Waals surface area contributed by atoms with Crippen molar-refractivity contribution >= 4 is 11.9 Å². The molecule has 0 spiro atoms. The molecule has 0 aromatic carbocycles. The largest absolute Gasteiger partial charge is 0.469 e. The Bertz CT molecular complexity index is 263. The van der Waals surface area contributed by atoms with Gasteiger partial charge in [0.05, 0.1) is 13.0 Å². The lowest BCUT2D eigenvalue weighted by molar-refractivity contribution is -0.145. The van der Waals surface area contributed by atoms with E-state index in [1.54, 1.807) is 4.90 Å². The van der Waals surface area contributed by atoms with Crippen molar-refractivity contribution in [2.45, 2.75) is 33.1 Å². The lowest BCUT2D eigenvalue weighted by Gasteiger charge is -2.16. The molecule has 1 unspecified atom stereocenters. The highest BCUT2D eigenvalue weighted by molar-refractivity contribution is 5.79. The second-order valence-electron chi connectivity index (χ2n) is 4.78. The highest BCUT2D eigenvalue weighted by Gasteiger charge is 2.31. The number of nitrogens with zero attached hydrogens (tertiary/aromatic N) is 1. The predicted octanol–water partition coefficient (Wildman–Crippen LogP) is 1.44. The van der Waals surface area contributed by atoms with Gasteiger partial charge in [-0.15, -0.1) is 0 Å². The molecule has 1 aliphatic heterocycles. The molecular formula is C12H21NO3. The Morgan fingerprint density at radius 1 is 1.44 bits per heavy atom. The molecule has 0 bridgehead atoms. The van der Waals surface area contributed by atoms with Gasteiger partial charge in [-0.1, -0.05) is 13.8 Å². The average molecular weight is 227 g/mol. The van der Waals surface area contributed by atoms with Gasteiger partial charge in [0.15, 0.2) is 0 Å². The Hall–Kier alpha value is -1.06. The summed E-state index contributed by atoms with van der Waals surface area (Å²) < 4.78 is 4.68. The highest BCUT2D eigenvalue weighted by atomic mass is 16.5. The standard InChI is InChI=1S/C12H21NO3/c1-9(2)4-5-11(14)13-7-6-10(8-13)12(15)16-3/h9-10H,4-8H2,1-3H3. The number of hydrogen-bond acceptors (Lipinski definition) is 3. The fraction of sp³-hybridized carbons (Fsp3) is 0.833. The van der Waals surface area contributed by atoms with Crippen LogP contribution in [0.1, 0.15) is 33.1 Å². The molecular weight excluding hydrogens is 206 g/mol. The van der Waals surface area contributed by atoms with Crippen LogP contribution in [0.3, 0.4) is 0 Å². The summed E-state index contributed by atoms with van der Waals surface area (Å²) >= 11 is 0. The molecule has 0 aliphatic carbocycles. The Kier molecular flexibility index (Phi) is 4.77. The lowest BCUT2D eigenvalue weighted by atomic mass is 10.1. The van der Waals surface area contributed by atoms with Gasteiger partial charge in [-0.3, -0.25) is 9.59 Å². The first-order valence-corrected chi connectivity index (χ1v) is 5.90. The quantitative estimate of drug-likeness (QED) is 0.683. The van der Waals surface area contributed by atoms with Crippen molar-refractivity contribution in [3.63, 3.8) is 0 Å². The SMILES string of the molecule is COC(=O)C1CCN(C(=O)CCC(C)C)C1. The van der Waals surface area contributed by atoms with Gasteiger partial charge in [-0.25, -0.2) is 0 Å². The predicted molar refractivity (Wildman–Crippen MR) is 60.8 cm³/mol. The third kappa shape index (κ3) is 3.51. The zero-order chi connectivity index (χ0) is 12.1. The Balaban J connectivity index is 2.35. The summed E-state index contributed by atoms with van der Waals surface area (Å²) in [6.45, 7) is 5.43. The minimum atomic E-state index is -0.195. The Labute approximate surface area is 96.9 Å². The van der Waals surface area contributed by atoms with E-state index < -0.39 is 0 Å². The van der Waals surface area contributed by atoms with Crippen molar-refractivity contribution in [1.29, 1.82) is 0 Å². The minimum Gasteiger partial charge on any atom is -0.469 e. The fourth-order valence-electron chi connectivity index (χ4n) is 1.92. The van der Waals surface area contributed by atoms with Crippen LogP contribution < -0.4 is 0 Å². The third-order valence-electron chi connectivity index (χ3n) is 3.01. The summed E-state index contributed by atoms with van der Waals surface area (Å²) in [5.41, 5.74) is 0. The zero-order valence-corrected chi connectivity index (χ0v) is 10.4. The first-order valence-electron chi connectivity index (χ1n) is 5.90. The van der Waals surface area contributed by atoms with E-state index in [2.05, 4.69) is 18.6 Å². The van der Waals surface area contributed by atoms with E-state index in [9.17, 15) is 9.59 Å². The van der Waals surface area contributed by atoms with E-state index in [1.807, 2.05) is 0 Å². The average Bonchev–Trinajstić information content (AvgIpc) is 2.74. The van der Waals surface area contributed by atoms with Crippen LogP contribution in [0.5, 0.6) is 0 Å². The maximum absolute atomic E-state index is 11.8. The van der Waals surface area contributed by atoms with Gasteiger partial charge in [0, 0.05) is 19.5 Å². The summed E-state index contributed by atoms with van der Waals surface area (Å²) in [4.78, 5) is 24.8. The maximum Gasteiger partial charge on any atom is 0.310 e. The molecule has 0 N–H and O–H groups in total. The van der Waals surface area contributed by atoms with Crippen molar-refractivity contribution in [2.75, 3.05) is 20.2 Å². The number of hydrogen-bond donors (Lipinski definition) is 0. The van der Waals surface area contributed by atoms with Crippen LogP contribution in [-0.2, 0) is 14.3 Å². The van der Waals surface area contributed by atoms with Gasteiger partial charge in [0.1, 0.15) is 0 Å². The number of likely N-dealkylation sites (tertiary alicyclic amines) is 1. The van der Waals surface area contributed by atoms with E-state index in [0.29, 0.717) is 25.4 Å². The molecule has 92 valence electrons. The minimum absolute atomic E-state index is 0.118. The summed E-state index contributed by atoms with van der Waals surface area (Å²) in [6.07, 6.45) is 2.24. The van der Waals surface area contributed by atoms with E-state index in [-0.39, 0.29) is 17.8 Å². The number of esters is 1. The molecule has 0 aromatic rings. The number of methoxy groups -OCH3 is 1. The monoisotopic (exact) mass is 227 g/mol. The topological polar surface area (TPSA) is 46.6 Å². The van der Waals surface area contributed by atoms with Gasteiger partial charge >= 0.3 is 5.97 Å². The summed E-state index contributed by atoms with van der Waals surface area (Å²) in [7, 11) is 1.39. The first kappa shape index (κ1) is 13.0. The van der Waals surface area contributed by atoms with Crippen molar-refractivity contribution in [3.8, 4) is 0 Å². The number of rotatable bonds is 4. The van der Waals surface area contributed by atoms with Crippen LogP contribution in [0.4, 0.5) is 0 Å². The molecule has 1 aliphatic rings. The Morgan fingerprint density at radius 3 is 2.69 bits per heavy atom. The second kappa shape index (κ2) is 5.87. The van der Waals surface area contributed by atoms with Crippen molar-refractivity contribution in [2.24, 2.45) is 11.8 Å². The molecule has 0 aromatic heterocycles. The summed E-state index contributed by atoms with van der Waals surface area (Å²) in [5.74, 6) is 0.398. The first-order chi connectivity index (χ1) is 7.54. The van der Waals surface area contributed by atoms with Crippen molar-refractivity contribution in [3.05, 3.63) is 0 Å². The number of amides is 1. The van der Waals surface area contributed by atoms with Crippen LogP contribution in [0.2, 0.25) is 0 Å². The van der Waals surface area contributed by atoms with Crippen molar-refractivity contribution in [1.82, 2.24) is 4.90 Å². The second-order valence-corrected chi connectivity index (χ2v) is 4.78. The normalized spacial score (nSPS) is 20.2. The third-order valence-corrected chi connectivity index (χ3v) is 3.01. The number of ether oxygens (including phenoxy) is 1. The van der Waals surface area contributed by atoms with Crippen LogP contribution in [0.25, 0.3) is 0 Å². The van der Waals surface area contributed by atoms with Crippen LogP contribution in [-0.4, -0.2) is 37.0 Å². The molecule has 1 amide bonds. The number of carbonyl (C=O) groups is 2. The molecule has 1 fully saturated rings. The van der Waals surface area contributed by atoms with Gasteiger partial charge in [0.25, 0.3) is 0 Å². The van der Waals surface area contributed by atoms with Crippen molar-refractivity contribution < 1.29 is 14.3 Å². The van der Waals surface area contributed by atoms with E-state index >= 15 is 0 Å². The zero-order valence-electron chi connectivity index (χ0n) is 10.4. The lowest BCUT2D eigenvalue weighted by Crippen LogP contribution is -2.30. The summed E-state index contributed by atoms with van der Waals surface area (Å²) in [5, 5.41) is 0.